The van der Waals surface area contributed by atoms with Gasteiger partial charge >= 0.3 is 6.36 Å². The zero-order valence-corrected chi connectivity index (χ0v) is 11.3. The fourth-order valence-electron chi connectivity index (χ4n) is 1.91. The summed E-state index contributed by atoms with van der Waals surface area (Å²) in [5, 5.41) is 2.80. The number of carbonyl (C=O) groups excluding carboxylic acids is 1. The molecule has 2 rings (SSSR count). The van der Waals surface area contributed by atoms with Crippen LogP contribution < -0.4 is 15.8 Å². The van der Waals surface area contributed by atoms with Gasteiger partial charge in [0.25, 0.3) is 0 Å². The molecule has 7 heteroatoms. The Morgan fingerprint density at radius 1 is 1.09 bits per heavy atom. The van der Waals surface area contributed by atoms with E-state index in [2.05, 4.69) is 10.1 Å². The number of nitrogens with one attached hydrogen (secondary N) is 1. The van der Waals surface area contributed by atoms with E-state index in [9.17, 15) is 18.0 Å². The first-order valence-corrected chi connectivity index (χ1v) is 6.32. The number of hydrogen-bond acceptors (Lipinski definition) is 3. The van der Waals surface area contributed by atoms with Crippen molar-refractivity contribution in [1.82, 2.24) is 0 Å². The Labute approximate surface area is 124 Å². The van der Waals surface area contributed by atoms with Crippen LogP contribution in [0.2, 0.25) is 0 Å². The number of halogens is 3. The molecule has 0 aliphatic heterocycles. The summed E-state index contributed by atoms with van der Waals surface area (Å²) in [6, 6.07) is 13.0. The first-order chi connectivity index (χ1) is 10.3. The molecule has 0 aliphatic carbocycles. The third-order valence-corrected chi connectivity index (χ3v) is 2.80. The van der Waals surface area contributed by atoms with Gasteiger partial charge in [0.2, 0.25) is 5.91 Å². The number of benzene rings is 2. The minimum absolute atomic E-state index is 0.286. The molecule has 0 radical (unpaired) electrons. The summed E-state index contributed by atoms with van der Waals surface area (Å²) >= 11 is 0. The van der Waals surface area contributed by atoms with Gasteiger partial charge in [0, 0.05) is 11.8 Å². The normalized spacial score (nSPS) is 12.5. The maximum Gasteiger partial charge on any atom is 0.573 e. The van der Waals surface area contributed by atoms with Gasteiger partial charge in [-0.2, -0.15) is 0 Å². The van der Waals surface area contributed by atoms with Crippen LogP contribution in [0.4, 0.5) is 18.9 Å². The van der Waals surface area contributed by atoms with E-state index in [1.54, 1.807) is 30.3 Å². The lowest BCUT2D eigenvalue weighted by Gasteiger charge is -2.18. The van der Waals surface area contributed by atoms with E-state index in [-0.39, 0.29) is 11.4 Å². The summed E-state index contributed by atoms with van der Waals surface area (Å²) in [4.78, 5) is 11.6. The number of carbonyl (C=O) groups is 1. The van der Waals surface area contributed by atoms with Crippen molar-refractivity contribution in [2.24, 2.45) is 5.73 Å². The van der Waals surface area contributed by atoms with Gasteiger partial charge in [-0.25, -0.2) is 0 Å². The van der Waals surface area contributed by atoms with Crippen LogP contribution >= 0.6 is 0 Å². The van der Waals surface area contributed by atoms with Crippen LogP contribution in [-0.2, 0) is 4.79 Å². The Morgan fingerprint density at radius 2 is 1.77 bits per heavy atom. The number of ether oxygens (including phenoxy) is 1. The van der Waals surface area contributed by atoms with E-state index >= 15 is 0 Å². The zero-order chi connectivity index (χ0) is 16.2. The Morgan fingerprint density at radius 3 is 2.36 bits per heavy atom. The summed E-state index contributed by atoms with van der Waals surface area (Å²) < 4.78 is 40.5. The lowest BCUT2D eigenvalue weighted by molar-refractivity contribution is -0.274. The highest BCUT2D eigenvalue weighted by molar-refractivity contribution is 5.84. The van der Waals surface area contributed by atoms with Crippen LogP contribution in [0.15, 0.2) is 54.6 Å². The van der Waals surface area contributed by atoms with Gasteiger partial charge in [-0.3, -0.25) is 4.79 Å². The number of amides is 1. The molecule has 4 nitrogen and oxygen atoms in total. The van der Waals surface area contributed by atoms with E-state index in [1.165, 1.54) is 18.2 Å². The quantitative estimate of drug-likeness (QED) is 0.891. The highest BCUT2D eigenvalue weighted by Crippen LogP contribution is 2.27. The predicted octanol–water partition coefficient (Wildman–Crippen LogP) is 3.22. The Balaban J connectivity index is 2.21. The van der Waals surface area contributed by atoms with Crippen molar-refractivity contribution >= 4 is 11.6 Å². The van der Waals surface area contributed by atoms with Crippen molar-refractivity contribution in [2.45, 2.75) is 12.4 Å². The molecule has 22 heavy (non-hydrogen) atoms. The Bertz CT molecular complexity index is 645. The predicted molar refractivity (Wildman–Crippen MR) is 75.1 cm³/mol. The summed E-state index contributed by atoms with van der Waals surface area (Å²) in [5.41, 5.74) is 6.24. The zero-order valence-electron chi connectivity index (χ0n) is 11.3. The SMILES string of the molecule is NC(=O)C(Nc1cccc(OC(F)(F)F)c1)c1ccccc1. The fourth-order valence-corrected chi connectivity index (χ4v) is 1.91. The minimum atomic E-state index is -4.78. The molecule has 1 amide bonds. The highest BCUT2D eigenvalue weighted by Gasteiger charge is 2.31. The van der Waals surface area contributed by atoms with Gasteiger partial charge in [-0.05, 0) is 17.7 Å². The summed E-state index contributed by atoms with van der Waals surface area (Å²) in [6.45, 7) is 0. The number of anilines is 1. The van der Waals surface area contributed by atoms with Crippen LogP contribution in [0.3, 0.4) is 0 Å². The van der Waals surface area contributed by atoms with E-state index < -0.39 is 18.3 Å². The minimum Gasteiger partial charge on any atom is -0.406 e. The summed E-state index contributed by atoms with van der Waals surface area (Å²) in [5.74, 6) is -1.03. The van der Waals surface area contributed by atoms with Gasteiger partial charge in [-0.1, -0.05) is 36.4 Å². The second-order valence-electron chi connectivity index (χ2n) is 4.47. The second kappa shape index (κ2) is 6.38. The topological polar surface area (TPSA) is 64.4 Å². The first-order valence-electron chi connectivity index (χ1n) is 6.32. The Hall–Kier alpha value is -2.70. The van der Waals surface area contributed by atoms with Crippen molar-refractivity contribution in [2.75, 3.05) is 5.32 Å². The maximum atomic E-state index is 12.2. The standard InChI is InChI=1S/C15H13F3N2O2/c16-15(17,18)22-12-8-4-7-11(9-12)20-13(14(19)21)10-5-2-1-3-6-10/h1-9,13,20H,(H2,19,21). The van der Waals surface area contributed by atoms with Gasteiger partial charge in [0.1, 0.15) is 11.8 Å². The number of hydrogen-bond donors (Lipinski definition) is 2. The van der Waals surface area contributed by atoms with Crippen LogP contribution in [0, 0.1) is 0 Å². The third kappa shape index (κ3) is 4.41. The van der Waals surface area contributed by atoms with Crippen molar-refractivity contribution in [3.8, 4) is 5.75 Å². The van der Waals surface area contributed by atoms with Crippen molar-refractivity contribution in [1.29, 1.82) is 0 Å². The van der Waals surface area contributed by atoms with Crippen LogP contribution in [0.5, 0.6) is 5.75 Å². The second-order valence-corrected chi connectivity index (χ2v) is 4.47. The highest BCUT2D eigenvalue weighted by atomic mass is 19.4. The largest absolute Gasteiger partial charge is 0.573 e. The molecule has 2 aromatic rings. The number of alkyl halides is 3. The molecular formula is C15H13F3N2O2. The van der Waals surface area contributed by atoms with Crippen LogP contribution in [0.25, 0.3) is 0 Å². The van der Waals surface area contributed by atoms with Crippen LogP contribution in [-0.4, -0.2) is 12.3 Å². The van der Waals surface area contributed by atoms with Gasteiger partial charge in [-0.15, -0.1) is 13.2 Å². The molecular weight excluding hydrogens is 297 g/mol. The molecule has 0 saturated heterocycles. The monoisotopic (exact) mass is 310 g/mol. The molecule has 1 unspecified atom stereocenters. The Kier molecular flexibility index (Phi) is 4.55. The van der Waals surface area contributed by atoms with E-state index in [1.807, 2.05) is 0 Å². The molecule has 0 saturated carbocycles. The molecule has 0 heterocycles. The van der Waals surface area contributed by atoms with Crippen molar-refractivity contribution in [3.63, 3.8) is 0 Å². The van der Waals surface area contributed by atoms with Gasteiger partial charge in [0.15, 0.2) is 0 Å². The van der Waals surface area contributed by atoms with Crippen molar-refractivity contribution < 1.29 is 22.7 Å². The van der Waals surface area contributed by atoms with Gasteiger partial charge < -0.3 is 15.8 Å². The van der Waals surface area contributed by atoms with Crippen LogP contribution in [0.1, 0.15) is 11.6 Å². The fraction of sp³-hybridized carbons (Fsp3) is 0.133. The number of nitrogens with two attached hydrogens (primary N) is 1. The van der Waals surface area contributed by atoms with E-state index in [0.29, 0.717) is 5.56 Å². The molecule has 2 aromatic carbocycles. The number of primary amides is 1. The molecule has 0 fully saturated rings. The summed E-state index contributed by atoms with van der Waals surface area (Å²) in [7, 11) is 0. The lowest BCUT2D eigenvalue weighted by Crippen LogP contribution is -2.27. The average molecular weight is 310 g/mol. The molecule has 1 atom stereocenters. The smallest absolute Gasteiger partial charge is 0.406 e. The average Bonchev–Trinajstić information content (AvgIpc) is 2.44. The van der Waals surface area contributed by atoms with E-state index in [0.717, 1.165) is 6.07 Å². The van der Waals surface area contributed by atoms with E-state index in [4.69, 9.17) is 5.73 Å². The molecule has 0 spiro atoms. The van der Waals surface area contributed by atoms with Gasteiger partial charge in [0.05, 0.1) is 0 Å². The molecule has 0 aliphatic rings. The third-order valence-electron chi connectivity index (χ3n) is 2.80. The maximum absolute atomic E-state index is 12.2. The number of rotatable bonds is 5. The molecule has 116 valence electrons. The van der Waals surface area contributed by atoms with Crippen molar-refractivity contribution in [3.05, 3.63) is 60.2 Å². The molecule has 0 bridgehead atoms. The first kappa shape index (κ1) is 15.7. The lowest BCUT2D eigenvalue weighted by atomic mass is 10.1. The molecule has 0 aromatic heterocycles. The summed E-state index contributed by atoms with van der Waals surface area (Å²) in [6.07, 6.45) is -4.78. The molecule has 3 N–H and O–H groups in total.